The smallest absolute Gasteiger partial charge is 0.160 e. The number of unbranched alkanes of at least 4 members (excludes halogenated alkanes) is 10. The topological polar surface area (TPSA) is 45.9 Å². The molecule has 23 rings (SSSR count). The Kier molecular flexibility index (Phi) is 21.4. The molecule has 16 aromatic carbocycles. The molecule has 4 aliphatic carbocycles. The molecule has 0 fully saturated rings. The fourth-order valence-corrected chi connectivity index (χ4v) is 24.6. The van der Waals surface area contributed by atoms with Gasteiger partial charge in [0, 0.05) is 71.6 Å². The van der Waals surface area contributed by atoms with Crippen molar-refractivity contribution in [1.29, 1.82) is 0 Å². The number of nitrogens with zero attached hydrogens (tertiary/aromatic N) is 2. The molecule has 0 N–H and O–H groups in total. The van der Waals surface area contributed by atoms with Crippen molar-refractivity contribution in [2.75, 3.05) is 9.80 Å². The number of anilines is 6. The second-order valence-electron chi connectivity index (χ2n) is 45.2. The average molecular weight is 1800 g/mol. The second kappa shape index (κ2) is 33.4. The molecule has 1 spiro atoms. The maximum absolute atomic E-state index is 7.87. The van der Waals surface area contributed by atoms with Crippen LogP contribution in [0.3, 0.4) is 0 Å². The van der Waals surface area contributed by atoms with Crippen molar-refractivity contribution >= 4 is 99.9 Å². The number of benzene rings is 16. The monoisotopic (exact) mass is 1800 g/mol. The molecule has 5 nitrogen and oxygen atoms in total. The molecule has 0 saturated heterocycles. The summed E-state index contributed by atoms with van der Waals surface area (Å²) in [4.78, 5) is 4.99. The molecule has 3 aromatic heterocycles. The van der Waals surface area contributed by atoms with Gasteiger partial charge in [0.15, 0.2) is 5.58 Å². The Bertz CT molecular complexity index is 7900. The molecule has 0 saturated carbocycles. The summed E-state index contributed by atoms with van der Waals surface area (Å²) in [5.74, 6) is 0. The highest BCUT2D eigenvalue weighted by Crippen LogP contribution is 2.69. The Morgan fingerprint density at radius 2 is 0.587 bits per heavy atom. The zero-order valence-electron chi connectivity index (χ0n) is 83.5. The lowest BCUT2D eigenvalue weighted by atomic mass is 9.69. The minimum atomic E-state index is -1.01. The van der Waals surface area contributed by atoms with Gasteiger partial charge in [-0.05, 0) is 289 Å². The zero-order valence-corrected chi connectivity index (χ0v) is 83.5. The van der Waals surface area contributed by atoms with Crippen LogP contribution in [-0.2, 0) is 37.9 Å². The third-order valence-corrected chi connectivity index (χ3v) is 32.1. The van der Waals surface area contributed by atoms with E-state index in [0.717, 1.165) is 139 Å². The largest absolute Gasteiger partial charge is 0.456 e. The summed E-state index contributed by atoms with van der Waals surface area (Å²) in [6.45, 7) is 37.2. The van der Waals surface area contributed by atoms with E-state index in [9.17, 15) is 0 Å². The summed E-state index contributed by atoms with van der Waals surface area (Å²) >= 11 is 0. The van der Waals surface area contributed by atoms with Gasteiger partial charge < -0.3 is 23.1 Å². The number of hydrogen-bond acceptors (Lipinski definition) is 5. The van der Waals surface area contributed by atoms with Crippen LogP contribution in [0.15, 0.2) is 329 Å². The van der Waals surface area contributed by atoms with E-state index in [1.807, 2.05) is 0 Å². The van der Waals surface area contributed by atoms with Gasteiger partial charge in [-0.2, -0.15) is 0 Å². The number of hydrogen-bond donors (Lipinski definition) is 0. The standard InChI is InChI=1S/C133H128N2O3/c1-17-19-21-23-25-35-73-132(74-36-26-24-22-20-18-2)107-41-31-27-37-97(107)101-69-47-85(77-111(101)132)83-45-67-99-100-68-46-84(76-110(100)131(15,16)109(99)75-83)87-49-71-103-104-72-50-88(80-120(104)136-119(103)79-87)86-48-70-102-98-38-28-32-42-108(98)133(112(102)78-86)113-82-116(135(95-63-55-91(56-64-95)129(9,10)11)96-65-57-92(58-66-96)130(12,13)14)125-122(106-40-30-34-44-118(106)137-125)123(113)124-114(133)81-115(121-105-39-29-33-43-117(105)138-126(121)124)134(93-59-51-89(52-60-93)127(3,4)5)94-61-53-90(54-62-94)128(6,7)8/h27-34,37-72,75-82H,17-26,35-36,73-74H2,1-16H3. The van der Waals surface area contributed by atoms with E-state index in [2.05, 4.69) is 436 Å². The first-order valence-electron chi connectivity index (χ1n) is 51.4. The van der Waals surface area contributed by atoms with E-state index >= 15 is 0 Å². The van der Waals surface area contributed by atoms with Crippen LogP contribution in [0.4, 0.5) is 34.1 Å². The lowest BCUT2D eigenvalue weighted by Gasteiger charge is -2.34. The molecule has 0 bridgehead atoms. The van der Waals surface area contributed by atoms with Gasteiger partial charge >= 0.3 is 0 Å². The minimum Gasteiger partial charge on any atom is -0.456 e. The third kappa shape index (κ3) is 14.4. The first-order chi connectivity index (χ1) is 66.6. The minimum absolute atomic E-state index is 0.0191. The molecule has 19 aromatic rings. The van der Waals surface area contributed by atoms with Crippen LogP contribution in [0.1, 0.15) is 267 Å². The first-order valence-corrected chi connectivity index (χ1v) is 51.4. The fourth-order valence-electron chi connectivity index (χ4n) is 24.6. The van der Waals surface area contributed by atoms with E-state index in [-0.39, 0.29) is 32.5 Å². The van der Waals surface area contributed by atoms with Gasteiger partial charge in [0.2, 0.25) is 0 Å². The fraction of sp³-hybridized carbons (Fsp3) is 0.278. The van der Waals surface area contributed by atoms with Crippen LogP contribution in [0.2, 0.25) is 0 Å². The Balaban J connectivity index is 0.676. The van der Waals surface area contributed by atoms with E-state index in [1.54, 1.807) is 11.1 Å². The lowest BCUT2D eigenvalue weighted by Crippen LogP contribution is -2.27. The van der Waals surface area contributed by atoms with Crippen LogP contribution in [-0.4, -0.2) is 0 Å². The number of fused-ring (bicyclic) bond motifs is 27. The van der Waals surface area contributed by atoms with Gasteiger partial charge in [0.25, 0.3) is 0 Å². The number of rotatable bonds is 23. The summed E-state index contributed by atoms with van der Waals surface area (Å²) in [7, 11) is 0. The van der Waals surface area contributed by atoms with Crippen LogP contribution < -0.4 is 9.80 Å². The van der Waals surface area contributed by atoms with Crippen molar-refractivity contribution in [3.63, 3.8) is 0 Å². The average Bonchev–Trinajstić information content (AvgIpc) is 1.48. The summed E-state index contributed by atoms with van der Waals surface area (Å²) in [6, 6.07) is 122. The van der Waals surface area contributed by atoms with Gasteiger partial charge in [0.05, 0.1) is 22.2 Å². The Morgan fingerprint density at radius 3 is 1.05 bits per heavy atom. The molecular weight excluding hydrogens is 1670 g/mol. The lowest BCUT2D eigenvalue weighted by molar-refractivity contribution is 0.398. The quantitative estimate of drug-likeness (QED) is 0.0597. The van der Waals surface area contributed by atoms with Crippen LogP contribution >= 0.6 is 0 Å². The summed E-state index contributed by atoms with van der Waals surface area (Å²) in [5.41, 5.74) is 42.3. The molecule has 1 atom stereocenters. The Morgan fingerprint density at radius 1 is 0.246 bits per heavy atom. The molecule has 138 heavy (non-hydrogen) atoms. The van der Waals surface area contributed by atoms with E-state index in [0.29, 0.717) is 0 Å². The van der Waals surface area contributed by atoms with Gasteiger partial charge in [0.1, 0.15) is 27.9 Å². The van der Waals surface area contributed by atoms with Crippen molar-refractivity contribution in [3.05, 3.63) is 382 Å². The van der Waals surface area contributed by atoms with Gasteiger partial charge in [-0.3, -0.25) is 0 Å². The normalized spacial score (nSPS) is 14.9. The predicted molar refractivity (Wildman–Crippen MR) is 585 cm³/mol. The van der Waals surface area contributed by atoms with Crippen molar-refractivity contribution < 1.29 is 13.3 Å². The zero-order chi connectivity index (χ0) is 94.8. The molecule has 0 radical (unpaired) electrons. The summed E-state index contributed by atoms with van der Waals surface area (Å²) in [6.07, 6.45) is 18.1. The summed E-state index contributed by atoms with van der Waals surface area (Å²) in [5, 5.41) is 6.33. The molecule has 5 heteroatoms. The number of furan rings is 3. The molecular formula is C133H128N2O3. The van der Waals surface area contributed by atoms with E-state index in [4.69, 9.17) is 13.3 Å². The van der Waals surface area contributed by atoms with Crippen molar-refractivity contribution in [2.24, 2.45) is 0 Å². The maximum Gasteiger partial charge on any atom is 0.160 e. The van der Waals surface area contributed by atoms with Crippen molar-refractivity contribution in [1.82, 2.24) is 0 Å². The Hall–Kier alpha value is -13.5. The molecule has 688 valence electrons. The first kappa shape index (κ1) is 88.5. The van der Waals surface area contributed by atoms with Gasteiger partial charge in [-0.15, -0.1) is 0 Å². The summed E-state index contributed by atoms with van der Waals surface area (Å²) < 4.78 is 22.8. The molecule has 0 amide bonds. The molecule has 1 unspecified atom stereocenters. The molecule has 0 aliphatic heterocycles. The third-order valence-electron chi connectivity index (χ3n) is 32.1. The van der Waals surface area contributed by atoms with Crippen LogP contribution in [0.25, 0.3) is 144 Å². The Labute approximate surface area is 816 Å². The van der Waals surface area contributed by atoms with Crippen LogP contribution in [0, 0.1) is 0 Å². The highest BCUT2D eigenvalue weighted by molar-refractivity contribution is 6.27. The molecule has 4 aliphatic rings. The van der Waals surface area contributed by atoms with E-state index in [1.165, 1.54) is 184 Å². The van der Waals surface area contributed by atoms with Crippen LogP contribution in [0.5, 0.6) is 0 Å². The highest BCUT2D eigenvalue weighted by Gasteiger charge is 2.56. The van der Waals surface area contributed by atoms with Gasteiger partial charge in [-0.1, -0.05) is 382 Å². The van der Waals surface area contributed by atoms with Crippen molar-refractivity contribution in [3.8, 4) is 77.9 Å². The SMILES string of the molecule is CCCCCCCCC1(CCCCCCCC)c2ccccc2-c2ccc(-c3ccc4c(c3)C(C)(C)c3cc(-c5ccc6c(c5)oc5cc(-c7ccc8c(c7)C7(c9ccccc9-8)c8cc(N(c9ccc(C(C)(C)C)cc9)c9ccc(C(C)(C)C)cc9)c9c(oc%10ccccc%109)c8-c8c7cc(N(c7ccc(C(C)(C)C)cc7)c7ccc(C(C)(C)C)cc7)c7oc9ccccc9c87)ccc56)ccc3-4)cc21. The highest BCUT2D eigenvalue weighted by atomic mass is 16.3. The van der Waals surface area contributed by atoms with E-state index < -0.39 is 5.41 Å². The van der Waals surface area contributed by atoms with Crippen molar-refractivity contribution in [2.45, 2.75) is 239 Å². The second-order valence-corrected chi connectivity index (χ2v) is 45.2. The number of para-hydroxylation sites is 2. The van der Waals surface area contributed by atoms with Gasteiger partial charge in [-0.25, -0.2) is 0 Å². The maximum atomic E-state index is 7.87. The molecule has 3 heterocycles. The predicted octanol–water partition coefficient (Wildman–Crippen LogP) is 38.9.